The molecule has 2 N–H and O–H groups in total. The summed E-state index contributed by atoms with van der Waals surface area (Å²) >= 11 is 0. The van der Waals surface area contributed by atoms with Gasteiger partial charge in [-0.25, -0.2) is 4.39 Å². The lowest BCUT2D eigenvalue weighted by Crippen LogP contribution is -2.33. The minimum absolute atomic E-state index is 0.139. The number of carbonyl (C=O) groups is 2. The molecule has 1 aliphatic rings. The molecule has 152 valence electrons. The highest BCUT2D eigenvalue weighted by Crippen LogP contribution is 2.23. The molecule has 1 saturated carbocycles. The first-order valence-electron chi connectivity index (χ1n) is 9.20. The first kappa shape index (κ1) is 20.2. The van der Waals surface area contributed by atoms with Crippen LogP contribution in [0.15, 0.2) is 42.5 Å². The molecule has 0 aliphatic heterocycles. The van der Waals surface area contributed by atoms with Crippen LogP contribution in [0.5, 0.6) is 5.75 Å². The van der Waals surface area contributed by atoms with Crippen LogP contribution in [0.3, 0.4) is 0 Å². The maximum absolute atomic E-state index is 13.8. The topological polar surface area (TPSA) is 111 Å². The number of hydrogen-bond donors (Lipinski definition) is 2. The number of benzene rings is 2. The van der Waals surface area contributed by atoms with Crippen molar-refractivity contribution in [1.82, 2.24) is 5.32 Å². The molecule has 0 aromatic heterocycles. The van der Waals surface area contributed by atoms with Gasteiger partial charge in [-0.05, 0) is 31.0 Å². The van der Waals surface area contributed by atoms with E-state index in [2.05, 4.69) is 10.6 Å². The standard InChI is InChI=1S/C20H20FN3O5/c21-16-11-14(24(27)28)9-10-18(16)29-12-19(25)23-17-8-4-3-7-15(17)20(26)22-13-5-1-2-6-13/h3-4,7-11,13H,1-2,5-6,12H2,(H,22,26)(H,23,25). The molecule has 0 radical (unpaired) electrons. The Morgan fingerprint density at radius 2 is 1.90 bits per heavy atom. The Kier molecular flexibility index (Phi) is 6.38. The number of nitrogens with one attached hydrogen (secondary N) is 2. The van der Waals surface area contributed by atoms with Crippen molar-refractivity contribution < 1.29 is 23.6 Å². The lowest BCUT2D eigenvalue weighted by molar-refractivity contribution is -0.385. The summed E-state index contributed by atoms with van der Waals surface area (Å²) in [6, 6.07) is 9.60. The predicted molar refractivity (Wildman–Crippen MR) is 103 cm³/mol. The Labute approximate surface area is 166 Å². The van der Waals surface area contributed by atoms with Gasteiger partial charge >= 0.3 is 0 Å². The minimum atomic E-state index is -0.941. The maximum Gasteiger partial charge on any atom is 0.272 e. The van der Waals surface area contributed by atoms with Crippen LogP contribution in [-0.4, -0.2) is 29.4 Å². The van der Waals surface area contributed by atoms with Gasteiger partial charge in [0, 0.05) is 12.1 Å². The molecule has 2 amide bonds. The van der Waals surface area contributed by atoms with E-state index in [0.717, 1.165) is 43.9 Å². The van der Waals surface area contributed by atoms with E-state index in [0.29, 0.717) is 11.3 Å². The fourth-order valence-electron chi connectivity index (χ4n) is 3.17. The number of nitro groups is 1. The molecular formula is C20H20FN3O5. The highest BCUT2D eigenvalue weighted by atomic mass is 19.1. The molecule has 0 atom stereocenters. The number of nitrogens with zero attached hydrogens (tertiary/aromatic N) is 1. The van der Waals surface area contributed by atoms with Crippen LogP contribution in [-0.2, 0) is 4.79 Å². The minimum Gasteiger partial charge on any atom is -0.481 e. The molecular weight excluding hydrogens is 381 g/mol. The van der Waals surface area contributed by atoms with Crippen molar-refractivity contribution in [2.45, 2.75) is 31.7 Å². The highest BCUT2D eigenvalue weighted by molar-refractivity contribution is 6.04. The molecule has 0 spiro atoms. The number of nitro benzene ring substituents is 1. The van der Waals surface area contributed by atoms with Crippen molar-refractivity contribution in [2.24, 2.45) is 0 Å². The average Bonchev–Trinajstić information content (AvgIpc) is 3.20. The molecule has 2 aromatic carbocycles. The van der Waals surface area contributed by atoms with E-state index < -0.39 is 28.9 Å². The van der Waals surface area contributed by atoms with Gasteiger partial charge < -0.3 is 15.4 Å². The molecule has 9 heteroatoms. The van der Waals surface area contributed by atoms with Crippen LogP contribution in [0.4, 0.5) is 15.8 Å². The van der Waals surface area contributed by atoms with Gasteiger partial charge in [0.2, 0.25) is 0 Å². The Hall–Kier alpha value is -3.49. The summed E-state index contributed by atoms with van der Waals surface area (Å²) < 4.78 is 18.9. The van der Waals surface area contributed by atoms with Crippen molar-refractivity contribution in [2.75, 3.05) is 11.9 Å². The van der Waals surface area contributed by atoms with E-state index in [-0.39, 0.29) is 17.7 Å². The summed E-state index contributed by atoms with van der Waals surface area (Å²) in [7, 11) is 0. The molecule has 1 fully saturated rings. The summed E-state index contributed by atoms with van der Waals surface area (Å²) in [6.45, 7) is -0.521. The van der Waals surface area contributed by atoms with E-state index in [1.807, 2.05) is 0 Å². The lowest BCUT2D eigenvalue weighted by atomic mass is 10.1. The Bertz CT molecular complexity index is 928. The molecule has 0 bridgehead atoms. The summed E-state index contributed by atoms with van der Waals surface area (Å²) in [5.74, 6) is -2.08. The van der Waals surface area contributed by atoms with Gasteiger partial charge in [-0.2, -0.15) is 0 Å². The fourth-order valence-corrected chi connectivity index (χ4v) is 3.17. The number of non-ortho nitro benzene ring substituents is 1. The van der Waals surface area contributed by atoms with E-state index >= 15 is 0 Å². The van der Waals surface area contributed by atoms with Gasteiger partial charge in [0.1, 0.15) is 0 Å². The number of carbonyl (C=O) groups excluding carboxylic acids is 2. The number of halogens is 1. The SMILES string of the molecule is O=C(COc1ccc([N+](=O)[O-])cc1F)Nc1ccccc1C(=O)NC1CCCC1. The molecule has 0 saturated heterocycles. The molecule has 29 heavy (non-hydrogen) atoms. The summed E-state index contributed by atoms with van der Waals surface area (Å²) in [4.78, 5) is 34.6. The number of amides is 2. The van der Waals surface area contributed by atoms with Gasteiger partial charge in [0.15, 0.2) is 18.2 Å². The zero-order valence-electron chi connectivity index (χ0n) is 15.5. The van der Waals surface area contributed by atoms with Gasteiger partial charge in [0.25, 0.3) is 17.5 Å². The molecule has 0 unspecified atom stereocenters. The molecule has 8 nitrogen and oxygen atoms in total. The van der Waals surface area contributed by atoms with Crippen molar-refractivity contribution in [3.05, 3.63) is 64.0 Å². The summed E-state index contributed by atoms with van der Waals surface area (Å²) in [5.41, 5.74) is 0.233. The fraction of sp³-hybridized carbons (Fsp3) is 0.300. The van der Waals surface area contributed by atoms with Gasteiger partial charge in [0.05, 0.1) is 22.2 Å². The van der Waals surface area contributed by atoms with Crippen molar-refractivity contribution in [3.8, 4) is 5.75 Å². The van der Waals surface area contributed by atoms with Crippen LogP contribution in [0, 0.1) is 15.9 Å². The maximum atomic E-state index is 13.8. The zero-order valence-corrected chi connectivity index (χ0v) is 15.5. The summed E-state index contributed by atoms with van der Waals surface area (Å²) in [5, 5.41) is 16.2. The number of anilines is 1. The van der Waals surface area contributed by atoms with E-state index in [1.165, 1.54) is 0 Å². The van der Waals surface area contributed by atoms with Crippen LogP contribution < -0.4 is 15.4 Å². The zero-order chi connectivity index (χ0) is 20.8. The number of rotatable bonds is 7. The van der Waals surface area contributed by atoms with Crippen molar-refractivity contribution >= 4 is 23.2 Å². The normalized spacial score (nSPS) is 13.7. The van der Waals surface area contributed by atoms with Crippen LogP contribution in [0.1, 0.15) is 36.0 Å². The number of para-hydroxylation sites is 1. The third-order valence-corrected chi connectivity index (χ3v) is 4.62. The van der Waals surface area contributed by atoms with Gasteiger partial charge in [-0.15, -0.1) is 0 Å². The molecule has 1 aliphatic carbocycles. The Morgan fingerprint density at radius 3 is 2.59 bits per heavy atom. The third kappa shape index (κ3) is 5.28. The average molecular weight is 401 g/mol. The van der Waals surface area contributed by atoms with Crippen molar-refractivity contribution in [1.29, 1.82) is 0 Å². The first-order valence-corrected chi connectivity index (χ1v) is 9.20. The Balaban J connectivity index is 1.61. The Morgan fingerprint density at radius 1 is 1.17 bits per heavy atom. The van der Waals surface area contributed by atoms with E-state index in [4.69, 9.17) is 4.74 Å². The first-order chi connectivity index (χ1) is 13.9. The molecule has 3 rings (SSSR count). The highest BCUT2D eigenvalue weighted by Gasteiger charge is 2.20. The third-order valence-electron chi connectivity index (χ3n) is 4.62. The van der Waals surface area contributed by atoms with Crippen LogP contribution >= 0.6 is 0 Å². The van der Waals surface area contributed by atoms with E-state index in [1.54, 1.807) is 24.3 Å². The predicted octanol–water partition coefficient (Wildman–Crippen LogP) is 3.42. The largest absolute Gasteiger partial charge is 0.481 e. The van der Waals surface area contributed by atoms with E-state index in [9.17, 15) is 24.1 Å². The lowest BCUT2D eigenvalue weighted by Gasteiger charge is -2.15. The quantitative estimate of drug-likeness (QED) is 0.546. The van der Waals surface area contributed by atoms with Gasteiger partial charge in [-0.1, -0.05) is 25.0 Å². The number of ether oxygens (including phenoxy) is 1. The molecule has 0 heterocycles. The second kappa shape index (κ2) is 9.13. The second-order valence-electron chi connectivity index (χ2n) is 6.71. The van der Waals surface area contributed by atoms with Gasteiger partial charge in [-0.3, -0.25) is 19.7 Å². The molecule has 2 aromatic rings. The second-order valence-corrected chi connectivity index (χ2v) is 6.71. The smallest absolute Gasteiger partial charge is 0.272 e. The summed E-state index contributed by atoms with van der Waals surface area (Å²) in [6.07, 6.45) is 4.05. The van der Waals surface area contributed by atoms with Crippen LogP contribution in [0.2, 0.25) is 0 Å². The van der Waals surface area contributed by atoms with Crippen molar-refractivity contribution in [3.63, 3.8) is 0 Å². The number of hydrogen-bond acceptors (Lipinski definition) is 5. The van der Waals surface area contributed by atoms with Crippen LogP contribution in [0.25, 0.3) is 0 Å². The monoisotopic (exact) mass is 401 g/mol.